The highest BCUT2D eigenvalue weighted by atomic mass is 19.3. The van der Waals surface area contributed by atoms with Crippen LogP contribution in [-0.4, -0.2) is 64.5 Å². The molecule has 8 nitrogen and oxygen atoms in total. The van der Waals surface area contributed by atoms with Gasteiger partial charge in [0, 0.05) is 12.0 Å². The first-order valence-electron chi connectivity index (χ1n) is 12.2. The third-order valence-corrected chi connectivity index (χ3v) is 7.70. The maximum atomic E-state index is 13.9. The van der Waals surface area contributed by atoms with Gasteiger partial charge in [0.2, 0.25) is 0 Å². The Morgan fingerprint density at radius 3 is 2.76 bits per heavy atom. The molecule has 0 radical (unpaired) electrons. The summed E-state index contributed by atoms with van der Waals surface area (Å²) < 4.78 is 63.2. The molecule has 2 aromatic rings. The van der Waals surface area contributed by atoms with Crippen LogP contribution in [-0.2, 0) is 11.2 Å². The number of benzene rings is 1. The number of alkyl halides is 4. The summed E-state index contributed by atoms with van der Waals surface area (Å²) in [6, 6.07) is 4.20. The largest absolute Gasteiger partial charge is 0.435 e. The Morgan fingerprint density at radius 1 is 1.19 bits per heavy atom. The van der Waals surface area contributed by atoms with Gasteiger partial charge in [-0.05, 0) is 49.1 Å². The Kier molecular flexibility index (Phi) is 5.74. The Hall–Kier alpha value is -3.41. The maximum absolute atomic E-state index is 13.9. The van der Waals surface area contributed by atoms with E-state index in [0.29, 0.717) is 30.7 Å². The van der Waals surface area contributed by atoms with E-state index in [4.69, 9.17) is 10.5 Å². The van der Waals surface area contributed by atoms with Crippen LogP contribution in [0.15, 0.2) is 35.5 Å². The number of carbonyl (C=O) groups is 1. The molecule has 37 heavy (non-hydrogen) atoms. The summed E-state index contributed by atoms with van der Waals surface area (Å²) in [4.78, 5) is 25.7. The number of nitrogens with zero attached hydrogens (tertiary/aromatic N) is 4. The van der Waals surface area contributed by atoms with E-state index in [2.05, 4.69) is 14.7 Å². The highest BCUT2D eigenvalue weighted by Gasteiger charge is 2.47. The lowest BCUT2D eigenvalue weighted by Crippen LogP contribution is -2.52. The fourth-order valence-electron chi connectivity index (χ4n) is 6.15. The first-order chi connectivity index (χ1) is 17.7. The maximum Gasteiger partial charge on any atom is 0.387 e. The fourth-order valence-corrected chi connectivity index (χ4v) is 6.15. The number of rotatable bonds is 4. The van der Waals surface area contributed by atoms with Crippen LogP contribution in [0.25, 0.3) is 0 Å². The van der Waals surface area contributed by atoms with E-state index in [1.54, 1.807) is 23.1 Å². The quantitative estimate of drug-likeness (QED) is 0.616. The number of guanidine groups is 1. The number of morpholine rings is 1. The smallest absolute Gasteiger partial charge is 0.387 e. The van der Waals surface area contributed by atoms with E-state index in [-0.39, 0.29) is 41.9 Å². The van der Waals surface area contributed by atoms with Gasteiger partial charge in [0.05, 0.1) is 48.8 Å². The van der Waals surface area contributed by atoms with Crippen molar-refractivity contribution in [3.05, 3.63) is 52.8 Å². The summed E-state index contributed by atoms with van der Waals surface area (Å²) >= 11 is 0. The van der Waals surface area contributed by atoms with Crippen molar-refractivity contribution >= 4 is 17.6 Å². The van der Waals surface area contributed by atoms with Crippen LogP contribution in [0.1, 0.15) is 59.0 Å². The van der Waals surface area contributed by atoms with Crippen molar-refractivity contribution in [3.63, 3.8) is 0 Å². The molecule has 4 heterocycles. The molecule has 2 saturated heterocycles. The number of amides is 1. The van der Waals surface area contributed by atoms with Crippen LogP contribution in [0.4, 0.5) is 23.2 Å². The normalized spacial score (nSPS) is 28.1. The zero-order valence-corrected chi connectivity index (χ0v) is 19.9. The molecule has 3 aliphatic heterocycles. The molecule has 2 fully saturated rings. The SMILES string of the molecule is C[C@@H]1CO[C@@H]2Cc3cc(OC(F)F)ccc3[C@@H]2N1C(=O)c1cc2c(cn1)N=C(N)N1[C@@H]2CC[C@@H]1C(F)F. The molecule has 4 aliphatic rings. The van der Waals surface area contributed by atoms with Crippen molar-refractivity contribution in [1.82, 2.24) is 14.8 Å². The Bertz CT molecular complexity index is 1270. The standard InChI is InChI=1S/C25H25F4N5O3/c1-11-10-36-20-7-12-6-13(37-24(28)29)2-3-14(12)21(20)33(11)23(35)16-8-15-17(9-31-16)32-25(30)34-18(15)4-5-19(34)22(26)27/h2-3,6,8-9,11,18-22,24H,4-5,7,10H2,1H3,(H2,30,32)/t11-,18-,19-,20-,21+/m1/s1. The second-order valence-electron chi connectivity index (χ2n) is 9.82. The van der Waals surface area contributed by atoms with E-state index in [9.17, 15) is 22.4 Å². The molecule has 196 valence electrons. The summed E-state index contributed by atoms with van der Waals surface area (Å²) in [5.41, 5.74) is 8.89. The van der Waals surface area contributed by atoms with Gasteiger partial charge in [-0.25, -0.2) is 18.8 Å². The van der Waals surface area contributed by atoms with Crippen molar-refractivity contribution in [2.24, 2.45) is 10.7 Å². The van der Waals surface area contributed by atoms with Crippen LogP contribution in [0.3, 0.4) is 0 Å². The number of halogens is 4. The molecule has 12 heteroatoms. The number of hydrogen-bond donors (Lipinski definition) is 1. The number of nitrogens with two attached hydrogens (primary N) is 1. The van der Waals surface area contributed by atoms with Gasteiger partial charge in [0.15, 0.2) is 5.96 Å². The molecule has 1 amide bonds. The number of carbonyl (C=O) groups excluding carboxylic acids is 1. The van der Waals surface area contributed by atoms with Gasteiger partial charge in [-0.15, -0.1) is 0 Å². The lowest BCUT2D eigenvalue weighted by Gasteiger charge is -2.42. The molecule has 0 spiro atoms. The zero-order valence-electron chi connectivity index (χ0n) is 19.9. The fraction of sp³-hybridized carbons (Fsp3) is 0.480. The van der Waals surface area contributed by atoms with Crippen LogP contribution in [0.2, 0.25) is 0 Å². The Balaban J connectivity index is 1.33. The number of fused-ring (bicyclic) bond motifs is 6. The average molecular weight is 519 g/mol. The number of aromatic nitrogens is 1. The number of ether oxygens (including phenoxy) is 2. The molecule has 5 atom stereocenters. The molecule has 6 rings (SSSR count). The second-order valence-corrected chi connectivity index (χ2v) is 9.82. The highest BCUT2D eigenvalue weighted by molar-refractivity contribution is 5.94. The molecule has 2 N–H and O–H groups in total. The average Bonchev–Trinajstić information content (AvgIpc) is 3.46. The van der Waals surface area contributed by atoms with Crippen molar-refractivity contribution < 1.29 is 31.8 Å². The minimum absolute atomic E-state index is 0.0311. The predicted molar refractivity (Wildman–Crippen MR) is 124 cm³/mol. The molecule has 1 aliphatic carbocycles. The molecule has 1 aromatic carbocycles. The Morgan fingerprint density at radius 2 is 2.00 bits per heavy atom. The first kappa shape index (κ1) is 24.0. The van der Waals surface area contributed by atoms with Gasteiger partial charge < -0.3 is 25.0 Å². The van der Waals surface area contributed by atoms with Crippen molar-refractivity contribution in [2.75, 3.05) is 6.61 Å². The second kappa shape index (κ2) is 8.86. The summed E-state index contributed by atoms with van der Waals surface area (Å²) in [7, 11) is 0. The van der Waals surface area contributed by atoms with Gasteiger partial charge >= 0.3 is 6.61 Å². The number of hydrogen-bond acceptors (Lipinski definition) is 7. The van der Waals surface area contributed by atoms with Gasteiger partial charge in [-0.3, -0.25) is 4.79 Å². The van der Waals surface area contributed by atoms with Crippen LogP contribution < -0.4 is 10.5 Å². The molecule has 0 saturated carbocycles. The third kappa shape index (κ3) is 3.89. The van der Waals surface area contributed by atoms with E-state index in [1.807, 2.05) is 6.92 Å². The van der Waals surface area contributed by atoms with Crippen molar-refractivity contribution in [3.8, 4) is 5.75 Å². The number of aliphatic imine (C=N–C) groups is 1. The van der Waals surface area contributed by atoms with E-state index < -0.39 is 31.2 Å². The van der Waals surface area contributed by atoms with E-state index in [0.717, 1.165) is 11.1 Å². The molecule has 0 unspecified atom stereocenters. The third-order valence-electron chi connectivity index (χ3n) is 7.70. The highest BCUT2D eigenvalue weighted by Crippen LogP contribution is 2.46. The topological polar surface area (TPSA) is 93.3 Å². The molecular formula is C25H25F4N5O3. The molecule has 0 bridgehead atoms. The van der Waals surface area contributed by atoms with E-state index >= 15 is 0 Å². The number of pyridine rings is 1. The summed E-state index contributed by atoms with van der Waals surface area (Å²) in [5.74, 6) is -0.242. The first-order valence-corrected chi connectivity index (χ1v) is 12.2. The lowest BCUT2D eigenvalue weighted by molar-refractivity contribution is -0.0776. The zero-order chi connectivity index (χ0) is 26.0. The van der Waals surface area contributed by atoms with Gasteiger partial charge in [-0.1, -0.05) is 6.07 Å². The summed E-state index contributed by atoms with van der Waals surface area (Å²) in [5, 5.41) is 0. The van der Waals surface area contributed by atoms with Gasteiger partial charge in [0.25, 0.3) is 12.3 Å². The van der Waals surface area contributed by atoms with Crippen LogP contribution in [0, 0.1) is 0 Å². The monoisotopic (exact) mass is 519 g/mol. The summed E-state index contributed by atoms with van der Waals surface area (Å²) in [6.07, 6.45) is -0.261. The summed E-state index contributed by atoms with van der Waals surface area (Å²) in [6.45, 7) is -0.757. The van der Waals surface area contributed by atoms with Crippen LogP contribution in [0.5, 0.6) is 5.75 Å². The van der Waals surface area contributed by atoms with Crippen molar-refractivity contribution in [1.29, 1.82) is 0 Å². The van der Waals surface area contributed by atoms with E-state index in [1.165, 1.54) is 17.2 Å². The molecular weight excluding hydrogens is 494 g/mol. The lowest BCUT2D eigenvalue weighted by atomic mass is 9.99. The Labute approximate surface area is 210 Å². The van der Waals surface area contributed by atoms with Gasteiger partial charge in [0.1, 0.15) is 11.4 Å². The predicted octanol–water partition coefficient (Wildman–Crippen LogP) is 3.94. The minimum atomic E-state index is -2.93. The minimum Gasteiger partial charge on any atom is -0.435 e. The van der Waals surface area contributed by atoms with Crippen molar-refractivity contribution in [2.45, 2.75) is 69.5 Å². The van der Waals surface area contributed by atoms with Gasteiger partial charge in [-0.2, -0.15) is 8.78 Å². The molecule has 1 aromatic heterocycles. The van der Waals surface area contributed by atoms with Crippen LogP contribution >= 0.6 is 0 Å².